The number of carbonyl (C=O) groups is 2. The van der Waals surface area contributed by atoms with Gasteiger partial charge in [-0.2, -0.15) is 4.02 Å². The third kappa shape index (κ3) is 5.45. The highest BCUT2D eigenvalue weighted by Crippen LogP contribution is 2.39. The van der Waals surface area contributed by atoms with E-state index in [1.165, 1.54) is 0 Å². The second kappa shape index (κ2) is 10.7. The van der Waals surface area contributed by atoms with Gasteiger partial charge in [-0.05, 0) is 49.1 Å². The monoisotopic (exact) mass is 545 g/mol. The summed E-state index contributed by atoms with van der Waals surface area (Å²) in [5.74, 6) is 0.983. The van der Waals surface area contributed by atoms with Crippen LogP contribution in [0.2, 0.25) is 0 Å². The molecule has 0 bridgehead atoms. The summed E-state index contributed by atoms with van der Waals surface area (Å²) in [6.45, 7) is 10.9. The minimum absolute atomic E-state index is 0.0531. The molecule has 0 aliphatic carbocycles. The van der Waals surface area contributed by atoms with Gasteiger partial charge in [0.25, 0.3) is 5.91 Å². The number of benzene rings is 2. The SMILES string of the molecule is CCOc1cc2c(cc1C(=O)NC)C(=NBr)N(CC(=O)c1cc(OCC)c(O)c(C(C)(C)C)c1)C2. The highest BCUT2D eigenvalue weighted by atomic mass is 79.9. The number of ether oxygens (including phenoxy) is 2. The number of nitrogens with zero attached hydrogens (tertiary/aromatic N) is 2. The maximum absolute atomic E-state index is 13.4. The van der Waals surface area contributed by atoms with Crippen LogP contribution in [0.5, 0.6) is 17.2 Å². The van der Waals surface area contributed by atoms with Crippen LogP contribution in [0.3, 0.4) is 0 Å². The molecule has 0 unspecified atom stereocenters. The first-order valence-corrected chi connectivity index (χ1v) is 12.3. The second-order valence-corrected chi connectivity index (χ2v) is 9.61. The number of Topliss-reactive ketones (excluding diaryl/α,β-unsaturated/α-hetero) is 1. The Kier molecular flexibility index (Phi) is 8.10. The lowest BCUT2D eigenvalue weighted by molar-refractivity contribution is 0.0953. The van der Waals surface area contributed by atoms with Crippen LogP contribution in [-0.2, 0) is 12.0 Å². The molecule has 8 nitrogen and oxygen atoms in total. The lowest BCUT2D eigenvalue weighted by atomic mass is 9.84. The van der Waals surface area contributed by atoms with Crippen molar-refractivity contribution in [2.75, 3.05) is 26.8 Å². The highest BCUT2D eigenvalue weighted by Gasteiger charge is 2.31. The van der Waals surface area contributed by atoms with Crippen LogP contribution in [0.1, 0.15) is 72.0 Å². The van der Waals surface area contributed by atoms with E-state index in [1.807, 2.05) is 45.6 Å². The Labute approximate surface area is 214 Å². The molecule has 0 spiro atoms. The molecule has 2 aromatic carbocycles. The summed E-state index contributed by atoms with van der Waals surface area (Å²) in [7, 11) is 1.57. The maximum atomic E-state index is 13.4. The lowest BCUT2D eigenvalue weighted by Gasteiger charge is -2.24. The molecule has 2 N–H and O–H groups in total. The summed E-state index contributed by atoms with van der Waals surface area (Å²) in [6.07, 6.45) is 0. The Morgan fingerprint density at radius 1 is 1.11 bits per heavy atom. The van der Waals surface area contributed by atoms with Crippen LogP contribution in [0.15, 0.2) is 28.3 Å². The third-order valence-corrected chi connectivity index (χ3v) is 6.13. The Hall–Kier alpha value is -3.07. The molecule has 188 valence electrons. The van der Waals surface area contributed by atoms with Crippen LogP contribution >= 0.6 is 16.1 Å². The van der Waals surface area contributed by atoms with Crippen molar-refractivity contribution in [3.8, 4) is 17.2 Å². The van der Waals surface area contributed by atoms with Gasteiger partial charge < -0.3 is 24.8 Å². The van der Waals surface area contributed by atoms with Crippen molar-refractivity contribution >= 4 is 33.7 Å². The summed E-state index contributed by atoms with van der Waals surface area (Å²) < 4.78 is 15.5. The minimum atomic E-state index is -0.384. The van der Waals surface area contributed by atoms with E-state index in [0.29, 0.717) is 53.8 Å². The Balaban J connectivity index is 1.96. The molecule has 0 fully saturated rings. The number of hydrogen-bond donors (Lipinski definition) is 2. The number of carbonyl (C=O) groups excluding carboxylic acids is 2. The first kappa shape index (κ1) is 26.5. The molecule has 1 aliphatic heterocycles. The summed E-state index contributed by atoms with van der Waals surface area (Å²) in [6, 6.07) is 6.89. The lowest BCUT2D eigenvalue weighted by Crippen LogP contribution is -2.31. The first-order valence-electron chi connectivity index (χ1n) is 11.5. The Morgan fingerprint density at radius 3 is 2.34 bits per heavy atom. The molecule has 9 heteroatoms. The number of hydrogen-bond acceptors (Lipinski definition) is 6. The average molecular weight is 546 g/mol. The third-order valence-electron chi connectivity index (χ3n) is 5.80. The normalized spacial score (nSPS) is 14.1. The quantitative estimate of drug-likeness (QED) is 0.470. The van der Waals surface area contributed by atoms with E-state index in [2.05, 4.69) is 25.5 Å². The predicted octanol–water partition coefficient (Wildman–Crippen LogP) is 4.60. The standard InChI is InChI=1S/C26H32BrN3O5/c1-7-34-21-11-16-13-30(24(29-27)17(16)12-18(21)25(33)28-6)14-20(31)15-9-19(26(3,4)5)23(32)22(10-15)35-8-2/h9-12,32H,7-8,13-14H2,1-6H3,(H,28,33). The van der Waals surface area contributed by atoms with Gasteiger partial charge in [0.15, 0.2) is 17.3 Å². The summed E-state index contributed by atoms with van der Waals surface area (Å²) in [4.78, 5) is 27.7. The molecular weight excluding hydrogens is 514 g/mol. The summed E-state index contributed by atoms with van der Waals surface area (Å²) in [5.41, 5.74) is 2.77. The smallest absolute Gasteiger partial charge is 0.254 e. The number of phenolic OH excluding ortho intramolecular Hbond substituents is 1. The van der Waals surface area contributed by atoms with Crippen molar-refractivity contribution in [2.24, 2.45) is 4.02 Å². The number of ketones is 1. The molecule has 0 saturated carbocycles. The fourth-order valence-corrected chi connectivity index (χ4v) is 4.51. The van der Waals surface area contributed by atoms with Crippen molar-refractivity contribution in [1.29, 1.82) is 0 Å². The van der Waals surface area contributed by atoms with Gasteiger partial charge in [0, 0.05) is 30.3 Å². The molecule has 0 saturated heterocycles. The zero-order valence-corrected chi connectivity index (χ0v) is 22.6. The van der Waals surface area contributed by atoms with Crippen LogP contribution in [-0.4, -0.2) is 54.3 Å². The number of amidine groups is 1. The van der Waals surface area contributed by atoms with Crippen molar-refractivity contribution in [3.63, 3.8) is 0 Å². The van der Waals surface area contributed by atoms with Crippen LogP contribution < -0.4 is 14.8 Å². The van der Waals surface area contributed by atoms with Gasteiger partial charge in [0.2, 0.25) is 0 Å². The van der Waals surface area contributed by atoms with Crippen LogP contribution in [0.25, 0.3) is 0 Å². The molecule has 35 heavy (non-hydrogen) atoms. The number of rotatable bonds is 8. The minimum Gasteiger partial charge on any atom is -0.504 e. The van der Waals surface area contributed by atoms with E-state index in [1.54, 1.807) is 25.2 Å². The number of nitrogens with one attached hydrogen (secondary N) is 1. The Morgan fingerprint density at radius 2 is 1.77 bits per heavy atom. The zero-order chi connectivity index (χ0) is 25.9. The second-order valence-electron chi connectivity index (χ2n) is 9.26. The van der Waals surface area contributed by atoms with Gasteiger partial charge in [-0.1, -0.05) is 20.8 Å². The number of phenols is 1. The van der Waals surface area contributed by atoms with Crippen LogP contribution in [0.4, 0.5) is 0 Å². The number of fused-ring (bicyclic) bond motifs is 1. The van der Waals surface area contributed by atoms with E-state index < -0.39 is 0 Å². The highest BCUT2D eigenvalue weighted by molar-refractivity contribution is 9.08. The van der Waals surface area contributed by atoms with Gasteiger partial charge in [0.05, 0.1) is 41.5 Å². The van der Waals surface area contributed by atoms with Crippen LogP contribution in [0, 0.1) is 0 Å². The first-order chi connectivity index (χ1) is 16.5. The maximum Gasteiger partial charge on any atom is 0.254 e. The van der Waals surface area contributed by atoms with E-state index in [0.717, 1.165) is 11.1 Å². The number of amides is 1. The summed E-state index contributed by atoms with van der Waals surface area (Å²) >= 11 is 3.19. The predicted molar refractivity (Wildman–Crippen MR) is 139 cm³/mol. The molecular formula is C26H32BrN3O5. The van der Waals surface area contributed by atoms with Gasteiger partial charge in [-0.3, -0.25) is 9.59 Å². The average Bonchev–Trinajstić information content (AvgIpc) is 3.14. The van der Waals surface area contributed by atoms with Crippen molar-refractivity contribution in [1.82, 2.24) is 10.2 Å². The molecule has 0 radical (unpaired) electrons. The molecule has 0 aromatic heterocycles. The Bertz CT molecular complexity index is 1170. The molecule has 1 aliphatic rings. The van der Waals surface area contributed by atoms with E-state index in [-0.39, 0.29) is 29.4 Å². The van der Waals surface area contributed by atoms with Gasteiger partial charge >= 0.3 is 0 Å². The van der Waals surface area contributed by atoms with Crippen molar-refractivity contribution in [3.05, 3.63) is 52.1 Å². The van der Waals surface area contributed by atoms with Gasteiger partial charge in [-0.25, -0.2) is 0 Å². The zero-order valence-electron chi connectivity index (χ0n) is 21.0. The molecule has 2 aromatic rings. The van der Waals surface area contributed by atoms with E-state index in [9.17, 15) is 14.7 Å². The number of halogens is 1. The van der Waals surface area contributed by atoms with Crippen molar-refractivity contribution in [2.45, 2.75) is 46.6 Å². The fourth-order valence-electron chi connectivity index (χ4n) is 4.10. The van der Waals surface area contributed by atoms with Crippen molar-refractivity contribution < 1.29 is 24.2 Å². The van der Waals surface area contributed by atoms with E-state index >= 15 is 0 Å². The largest absolute Gasteiger partial charge is 0.504 e. The van der Waals surface area contributed by atoms with Gasteiger partial charge in [-0.15, -0.1) is 0 Å². The fraction of sp³-hybridized carbons (Fsp3) is 0.423. The summed E-state index contributed by atoms with van der Waals surface area (Å²) in [5, 5.41) is 13.3. The topological polar surface area (TPSA) is 100 Å². The molecule has 0 atom stereocenters. The number of aromatic hydroxyl groups is 1. The molecule has 1 heterocycles. The van der Waals surface area contributed by atoms with E-state index in [4.69, 9.17) is 9.47 Å². The molecule has 1 amide bonds. The van der Waals surface area contributed by atoms with Gasteiger partial charge in [0.1, 0.15) is 11.6 Å². The molecule has 3 rings (SSSR count).